The van der Waals surface area contributed by atoms with Crippen molar-refractivity contribution in [3.05, 3.63) is 34.6 Å². The van der Waals surface area contributed by atoms with Gasteiger partial charge in [0.05, 0.1) is 0 Å². The molecule has 0 aliphatic heterocycles. The van der Waals surface area contributed by atoms with E-state index in [0.717, 1.165) is 51.5 Å². The molecule has 1 nitrogen and oxygen atoms in total. The van der Waals surface area contributed by atoms with E-state index in [0.29, 0.717) is 12.8 Å². The van der Waals surface area contributed by atoms with Crippen molar-refractivity contribution in [1.82, 2.24) is 0 Å². The Hall–Kier alpha value is -1.17. The highest BCUT2D eigenvalue weighted by Gasteiger charge is 2.24. The fourth-order valence-corrected chi connectivity index (χ4v) is 2.55. The van der Waals surface area contributed by atoms with Gasteiger partial charge in [-0.25, -0.2) is 22.0 Å². The van der Waals surface area contributed by atoms with Gasteiger partial charge in [0, 0.05) is 5.56 Å². The maximum absolute atomic E-state index is 13.5. The Morgan fingerprint density at radius 1 is 0.478 bits per heavy atom. The smallest absolute Gasteiger partial charge is 0.200 e. The SMILES string of the molecule is NCCCCCCCCCCCc1c(F)c(F)c(F)c(F)c1F. The Morgan fingerprint density at radius 2 is 0.826 bits per heavy atom. The third kappa shape index (κ3) is 6.09. The quantitative estimate of drug-likeness (QED) is 0.249. The maximum Gasteiger partial charge on any atom is 0.200 e. The third-order valence-corrected chi connectivity index (χ3v) is 3.93. The van der Waals surface area contributed by atoms with Crippen molar-refractivity contribution in [2.24, 2.45) is 5.73 Å². The molecule has 0 aromatic heterocycles. The van der Waals surface area contributed by atoms with Gasteiger partial charge in [-0.05, 0) is 25.8 Å². The van der Waals surface area contributed by atoms with Crippen molar-refractivity contribution in [3.8, 4) is 0 Å². The molecule has 0 radical (unpaired) electrons. The average molecular weight is 337 g/mol. The van der Waals surface area contributed by atoms with Crippen LogP contribution in [0.1, 0.15) is 63.4 Å². The predicted molar refractivity (Wildman–Crippen MR) is 80.5 cm³/mol. The number of benzene rings is 1. The van der Waals surface area contributed by atoms with Crippen molar-refractivity contribution in [3.63, 3.8) is 0 Å². The minimum absolute atomic E-state index is 0.137. The summed E-state index contributed by atoms with van der Waals surface area (Å²) in [6.45, 7) is 0.720. The monoisotopic (exact) mass is 337 g/mol. The molecule has 0 unspecified atom stereocenters. The van der Waals surface area contributed by atoms with Gasteiger partial charge in [0.25, 0.3) is 0 Å². The molecule has 6 heteroatoms. The van der Waals surface area contributed by atoms with Crippen molar-refractivity contribution >= 4 is 0 Å². The minimum Gasteiger partial charge on any atom is -0.330 e. The van der Waals surface area contributed by atoms with Crippen LogP contribution in [0.25, 0.3) is 0 Å². The summed E-state index contributed by atoms with van der Waals surface area (Å²) in [4.78, 5) is 0. The van der Waals surface area contributed by atoms with Gasteiger partial charge in [-0.3, -0.25) is 0 Å². The van der Waals surface area contributed by atoms with Crippen LogP contribution in [0.5, 0.6) is 0 Å². The van der Waals surface area contributed by atoms with Crippen molar-refractivity contribution in [2.75, 3.05) is 6.54 Å². The molecular formula is C17H24F5N. The zero-order valence-electron chi connectivity index (χ0n) is 13.2. The molecule has 0 fully saturated rings. The topological polar surface area (TPSA) is 26.0 Å². The van der Waals surface area contributed by atoms with Gasteiger partial charge in [0.2, 0.25) is 5.82 Å². The van der Waals surface area contributed by atoms with E-state index in [1.807, 2.05) is 0 Å². The fraction of sp³-hybridized carbons (Fsp3) is 0.647. The Kier molecular flexibility index (Phi) is 9.14. The second kappa shape index (κ2) is 10.6. The number of hydrogen-bond acceptors (Lipinski definition) is 1. The van der Waals surface area contributed by atoms with E-state index in [-0.39, 0.29) is 6.42 Å². The summed E-state index contributed by atoms with van der Waals surface area (Å²) in [5.41, 5.74) is 4.69. The highest BCUT2D eigenvalue weighted by atomic mass is 19.2. The van der Waals surface area contributed by atoms with Crippen LogP contribution in [-0.2, 0) is 6.42 Å². The van der Waals surface area contributed by atoms with E-state index >= 15 is 0 Å². The molecule has 0 atom stereocenters. The molecule has 0 amide bonds. The maximum atomic E-state index is 13.5. The molecule has 0 heterocycles. The number of nitrogens with two attached hydrogens (primary N) is 1. The van der Waals surface area contributed by atoms with Gasteiger partial charge in [-0.2, -0.15) is 0 Å². The first-order valence-corrected chi connectivity index (χ1v) is 8.21. The second-order valence-corrected chi connectivity index (χ2v) is 5.77. The molecule has 23 heavy (non-hydrogen) atoms. The summed E-state index contributed by atoms with van der Waals surface area (Å²) < 4.78 is 65.9. The molecule has 1 aromatic rings. The number of hydrogen-bond donors (Lipinski definition) is 1. The van der Waals surface area contributed by atoms with Crippen LogP contribution in [0, 0.1) is 29.1 Å². The summed E-state index contributed by atoms with van der Waals surface area (Å²) in [6.07, 6.45) is 8.45. The lowest BCUT2D eigenvalue weighted by Crippen LogP contribution is -2.07. The van der Waals surface area contributed by atoms with E-state index in [1.165, 1.54) is 0 Å². The molecule has 1 aromatic carbocycles. The second-order valence-electron chi connectivity index (χ2n) is 5.77. The van der Waals surface area contributed by atoms with Gasteiger partial charge >= 0.3 is 0 Å². The van der Waals surface area contributed by atoms with Crippen molar-refractivity contribution in [1.29, 1.82) is 0 Å². The van der Waals surface area contributed by atoms with Crippen LogP contribution in [0.3, 0.4) is 0 Å². The largest absolute Gasteiger partial charge is 0.330 e. The lowest BCUT2D eigenvalue weighted by Gasteiger charge is -2.08. The fourth-order valence-electron chi connectivity index (χ4n) is 2.55. The molecule has 0 spiro atoms. The van der Waals surface area contributed by atoms with E-state index < -0.39 is 34.6 Å². The van der Waals surface area contributed by atoms with E-state index in [4.69, 9.17) is 5.73 Å². The Labute approximate surface area is 134 Å². The van der Waals surface area contributed by atoms with Crippen LogP contribution in [0.2, 0.25) is 0 Å². The number of rotatable bonds is 11. The van der Waals surface area contributed by atoms with Gasteiger partial charge < -0.3 is 5.73 Å². The lowest BCUT2D eigenvalue weighted by atomic mass is 10.0. The van der Waals surface area contributed by atoms with Crippen LogP contribution < -0.4 is 5.73 Å². The zero-order chi connectivity index (χ0) is 17.2. The van der Waals surface area contributed by atoms with Crippen LogP contribution in [0.15, 0.2) is 0 Å². The summed E-state index contributed by atoms with van der Waals surface area (Å²) in [5.74, 6) is -9.24. The highest BCUT2D eigenvalue weighted by molar-refractivity contribution is 5.24. The van der Waals surface area contributed by atoms with Gasteiger partial charge in [0.15, 0.2) is 23.3 Å². The van der Waals surface area contributed by atoms with Crippen molar-refractivity contribution < 1.29 is 22.0 Å². The molecule has 2 N–H and O–H groups in total. The first-order valence-electron chi connectivity index (χ1n) is 8.21. The molecule has 1 rings (SSSR count). The minimum atomic E-state index is -2.10. The van der Waals surface area contributed by atoms with E-state index in [9.17, 15) is 22.0 Å². The first kappa shape index (κ1) is 19.9. The van der Waals surface area contributed by atoms with Crippen LogP contribution in [0.4, 0.5) is 22.0 Å². The molecule has 132 valence electrons. The Bertz CT molecular complexity index is 461. The summed E-state index contributed by atoms with van der Waals surface area (Å²) >= 11 is 0. The standard InChI is InChI=1S/C17H24F5N/c18-13-12(14(19)16(21)17(22)15(13)20)10-8-6-4-2-1-3-5-7-9-11-23/h1-11,23H2. The summed E-state index contributed by atoms with van der Waals surface area (Å²) in [7, 11) is 0. The molecule has 0 saturated heterocycles. The van der Waals surface area contributed by atoms with E-state index in [2.05, 4.69) is 0 Å². The summed E-state index contributed by atoms with van der Waals surface area (Å²) in [5, 5.41) is 0. The number of halogens is 5. The zero-order valence-corrected chi connectivity index (χ0v) is 13.2. The molecular weight excluding hydrogens is 313 g/mol. The molecule has 0 saturated carbocycles. The number of unbranched alkanes of at least 4 members (excludes halogenated alkanes) is 8. The van der Waals surface area contributed by atoms with Gasteiger partial charge in [-0.15, -0.1) is 0 Å². The average Bonchev–Trinajstić information content (AvgIpc) is 2.55. The van der Waals surface area contributed by atoms with E-state index in [1.54, 1.807) is 0 Å². The lowest BCUT2D eigenvalue weighted by molar-refractivity contribution is 0.368. The normalized spacial score (nSPS) is 11.2. The molecule has 0 bridgehead atoms. The molecule has 0 aliphatic carbocycles. The third-order valence-electron chi connectivity index (χ3n) is 3.93. The first-order chi connectivity index (χ1) is 11.0. The Balaban J connectivity index is 2.27. The molecule has 0 aliphatic rings. The summed E-state index contributed by atoms with van der Waals surface area (Å²) in [6, 6.07) is 0. The Morgan fingerprint density at radius 3 is 1.26 bits per heavy atom. The van der Waals surface area contributed by atoms with Crippen LogP contribution >= 0.6 is 0 Å². The highest BCUT2D eigenvalue weighted by Crippen LogP contribution is 2.24. The van der Waals surface area contributed by atoms with Gasteiger partial charge in [-0.1, -0.05) is 44.9 Å². The predicted octanol–water partition coefficient (Wildman–Crippen LogP) is 5.39. The van der Waals surface area contributed by atoms with Gasteiger partial charge in [0.1, 0.15) is 0 Å². The van der Waals surface area contributed by atoms with Crippen molar-refractivity contribution in [2.45, 2.75) is 64.2 Å². The van der Waals surface area contributed by atoms with Crippen LogP contribution in [-0.4, -0.2) is 6.54 Å².